The highest BCUT2D eigenvalue weighted by atomic mass is 19.4. The summed E-state index contributed by atoms with van der Waals surface area (Å²) < 4.78 is 38.3. The maximum atomic E-state index is 12.8. The Labute approximate surface area is 168 Å². The largest absolute Gasteiger partial charge is 0.417 e. The highest BCUT2D eigenvalue weighted by Gasteiger charge is 2.31. The minimum absolute atomic E-state index is 0.176. The molecule has 0 saturated carbocycles. The third kappa shape index (κ3) is 5.04. The average Bonchev–Trinajstić information content (AvgIpc) is 2.93. The van der Waals surface area contributed by atoms with E-state index in [1.165, 1.54) is 6.07 Å². The number of nitrogens with zero attached hydrogens (tertiary/aromatic N) is 7. The monoisotopic (exact) mass is 409 g/mol. The van der Waals surface area contributed by atoms with Gasteiger partial charge in [-0.15, -0.1) is 0 Å². The van der Waals surface area contributed by atoms with Crippen molar-refractivity contribution in [3.05, 3.63) is 29.7 Å². The van der Waals surface area contributed by atoms with E-state index < -0.39 is 11.7 Å². The quantitative estimate of drug-likeness (QED) is 0.769. The summed E-state index contributed by atoms with van der Waals surface area (Å²) in [5.41, 5.74) is -0.736. The highest BCUT2D eigenvalue weighted by Crippen LogP contribution is 2.29. The molecular formula is C19H26F3N7. The van der Waals surface area contributed by atoms with Gasteiger partial charge in [0, 0.05) is 52.4 Å². The minimum atomic E-state index is -4.38. The number of anilines is 3. The lowest BCUT2D eigenvalue weighted by Gasteiger charge is -2.24. The highest BCUT2D eigenvalue weighted by molar-refractivity contribution is 5.43. The maximum absolute atomic E-state index is 12.8. The van der Waals surface area contributed by atoms with Crippen LogP contribution in [0.2, 0.25) is 0 Å². The van der Waals surface area contributed by atoms with E-state index in [1.54, 1.807) is 0 Å². The molecule has 7 nitrogen and oxygen atoms in total. The van der Waals surface area contributed by atoms with E-state index in [2.05, 4.69) is 24.8 Å². The van der Waals surface area contributed by atoms with Crippen LogP contribution in [0.15, 0.2) is 18.3 Å². The summed E-state index contributed by atoms with van der Waals surface area (Å²) >= 11 is 0. The smallest absolute Gasteiger partial charge is 0.355 e. The zero-order valence-corrected chi connectivity index (χ0v) is 17.1. The summed E-state index contributed by atoms with van der Waals surface area (Å²) in [5.74, 6) is 2.71. The van der Waals surface area contributed by atoms with Crippen molar-refractivity contribution >= 4 is 17.7 Å². The van der Waals surface area contributed by atoms with Crippen molar-refractivity contribution in [2.45, 2.75) is 32.4 Å². The lowest BCUT2D eigenvalue weighted by molar-refractivity contribution is -0.137. The predicted molar refractivity (Wildman–Crippen MR) is 107 cm³/mol. The summed E-state index contributed by atoms with van der Waals surface area (Å²) in [6.45, 7) is 6.82. The molecule has 2 aromatic heterocycles. The van der Waals surface area contributed by atoms with Crippen LogP contribution in [0.1, 0.15) is 37.6 Å². The van der Waals surface area contributed by atoms with E-state index in [0.717, 1.165) is 31.1 Å². The third-order valence-corrected chi connectivity index (χ3v) is 4.72. The molecular weight excluding hydrogens is 383 g/mol. The topological polar surface area (TPSA) is 61.3 Å². The van der Waals surface area contributed by atoms with Crippen LogP contribution in [-0.4, -0.2) is 60.2 Å². The van der Waals surface area contributed by atoms with Crippen molar-refractivity contribution in [1.29, 1.82) is 0 Å². The molecule has 0 aliphatic carbocycles. The summed E-state index contributed by atoms with van der Waals surface area (Å²) in [5, 5.41) is 0. The number of hydrogen-bond acceptors (Lipinski definition) is 7. The number of alkyl halides is 3. The van der Waals surface area contributed by atoms with E-state index in [9.17, 15) is 13.2 Å². The van der Waals surface area contributed by atoms with Gasteiger partial charge in [-0.05, 0) is 18.6 Å². The van der Waals surface area contributed by atoms with Gasteiger partial charge in [-0.1, -0.05) is 13.8 Å². The molecule has 1 saturated heterocycles. The van der Waals surface area contributed by atoms with Crippen LogP contribution >= 0.6 is 0 Å². The first-order valence-corrected chi connectivity index (χ1v) is 9.61. The van der Waals surface area contributed by atoms with Crippen molar-refractivity contribution < 1.29 is 13.2 Å². The number of aromatic nitrogens is 4. The molecule has 0 aromatic carbocycles. The van der Waals surface area contributed by atoms with E-state index in [0.29, 0.717) is 37.3 Å². The van der Waals surface area contributed by atoms with Gasteiger partial charge in [-0.25, -0.2) is 4.98 Å². The molecule has 1 aliphatic heterocycles. The van der Waals surface area contributed by atoms with Crippen LogP contribution in [0.5, 0.6) is 0 Å². The van der Waals surface area contributed by atoms with Crippen LogP contribution in [0.25, 0.3) is 0 Å². The van der Waals surface area contributed by atoms with E-state index in [1.807, 2.05) is 37.7 Å². The van der Waals surface area contributed by atoms with Crippen molar-refractivity contribution in [2.24, 2.45) is 0 Å². The molecule has 0 bridgehead atoms. The standard InChI is InChI=1S/C19H26F3N7/c1-13(2)16-24-17(27(3)4)26-18(25-16)29-9-5-8-28(10-11-29)15-7-6-14(12-23-15)19(20,21)22/h6-7,12-13H,5,8-11H2,1-4H3. The summed E-state index contributed by atoms with van der Waals surface area (Å²) in [7, 11) is 3.79. The van der Waals surface area contributed by atoms with Crippen LogP contribution in [0.3, 0.4) is 0 Å². The summed E-state index contributed by atoms with van der Waals surface area (Å²) in [4.78, 5) is 23.7. The Hall–Kier alpha value is -2.65. The first-order valence-electron chi connectivity index (χ1n) is 9.61. The van der Waals surface area contributed by atoms with E-state index in [-0.39, 0.29) is 5.92 Å². The second-order valence-electron chi connectivity index (χ2n) is 7.57. The number of pyridine rings is 1. The molecule has 158 valence electrons. The lowest BCUT2D eigenvalue weighted by atomic mass is 10.2. The molecule has 10 heteroatoms. The molecule has 2 aromatic rings. The first kappa shape index (κ1) is 21.1. The molecule has 0 atom stereocenters. The Morgan fingerprint density at radius 2 is 1.66 bits per heavy atom. The van der Waals surface area contributed by atoms with Crippen LogP contribution in [0.4, 0.5) is 30.9 Å². The molecule has 0 spiro atoms. The fourth-order valence-electron chi connectivity index (χ4n) is 3.06. The van der Waals surface area contributed by atoms with Crippen LogP contribution in [-0.2, 0) is 6.18 Å². The molecule has 0 unspecified atom stereocenters. The maximum Gasteiger partial charge on any atom is 0.417 e. The van der Waals surface area contributed by atoms with Crippen LogP contribution < -0.4 is 14.7 Å². The second kappa shape index (κ2) is 8.38. The molecule has 3 rings (SSSR count). The molecule has 1 fully saturated rings. The number of hydrogen-bond donors (Lipinski definition) is 0. The lowest BCUT2D eigenvalue weighted by Crippen LogP contribution is -2.32. The Bertz CT molecular complexity index is 795. The fourth-order valence-corrected chi connectivity index (χ4v) is 3.06. The van der Waals surface area contributed by atoms with Gasteiger partial charge in [0.25, 0.3) is 0 Å². The van der Waals surface area contributed by atoms with Crippen molar-refractivity contribution in [3.63, 3.8) is 0 Å². The fraction of sp³-hybridized carbons (Fsp3) is 0.579. The van der Waals surface area contributed by atoms with E-state index in [4.69, 9.17) is 0 Å². The number of halogens is 3. The summed E-state index contributed by atoms with van der Waals surface area (Å²) in [6, 6.07) is 2.51. The Morgan fingerprint density at radius 3 is 2.24 bits per heavy atom. The SMILES string of the molecule is CC(C)c1nc(N(C)C)nc(N2CCCN(c3ccc(C(F)(F)F)cn3)CC2)n1. The van der Waals surface area contributed by atoms with Gasteiger partial charge >= 0.3 is 6.18 Å². The van der Waals surface area contributed by atoms with Gasteiger partial charge < -0.3 is 14.7 Å². The zero-order chi connectivity index (χ0) is 21.2. The Balaban J connectivity index is 1.76. The predicted octanol–water partition coefficient (Wildman–Crippen LogP) is 3.19. The van der Waals surface area contributed by atoms with E-state index >= 15 is 0 Å². The average molecular weight is 409 g/mol. The number of rotatable bonds is 4. The normalized spacial score (nSPS) is 15.6. The molecule has 0 amide bonds. The molecule has 0 radical (unpaired) electrons. The van der Waals surface area contributed by atoms with Gasteiger partial charge in [-0.2, -0.15) is 28.1 Å². The zero-order valence-electron chi connectivity index (χ0n) is 17.1. The van der Waals surface area contributed by atoms with Crippen LogP contribution in [0, 0.1) is 0 Å². The van der Waals surface area contributed by atoms with Crippen molar-refractivity contribution in [2.75, 3.05) is 55.0 Å². The second-order valence-corrected chi connectivity index (χ2v) is 7.57. The van der Waals surface area contributed by atoms with Gasteiger partial charge in [-0.3, -0.25) is 0 Å². The third-order valence-electron chi connectivity index (χ3n) is 4.72. The Kier molecular flexibility index (Phi) is 6.09. The first-order chi connectivity index (χ1) is 13.6. The minimum Gasteiger partial charge on any atom is -0.355 e. The van der Waals surface area contributed by atoms with Crippen molar-refractivity contribution in [3.8, 4) is 0 Å². The molecule has 1 aliphatic rings. The molecule has 29 heavy (non-hydrogen) atoms. The van der Waals surface area contributed by atoms with Gasteiger partial charge in [0.15, 0.2) is 0 Å². The van der Waals surface area contributed by atoms with Crippen molar-refractivity contribution in [1.82, 2.24) is 19.9 Å². The van der Waals surface area contributed by atoms with Gasteiger partial charge in [0.1, 0.15) is 11.6 Å². The molecule has 0 N–H and O–H groups in total. The van der Waals surface area contributed by atoms with Gasteiger partial charge in [0.2, 0.25) is 11.9 Å². The molecule has 3 heterocycles. The Morgan fingerprint density at radius 1 is 0.966 bits per heavy atom. The summed E-state index contributed by atoms with van der Waals surface area (Å²) in [6.07, 6.45) is -2.66. The van der Waals surface area contributed by atoms with Gasteiger partial charge in [0.05, 0.1) is 5.56 Å².